The highest BCUT2D eigenvalue weighted by molar-refractivity contribution is 5.52. The van der Waals surface area contributed by atoms with Gasteiger partial charge in [0.25, 0.3) is 0 Å². The molecule has 0 saturated heterocycles. The minimum absolute atomic E-state index is 0.213. The number of aromatic nitrogens is 3. The molecule has 0 amide bonds. The molecule has 5 nitrogen and oxygen atoms in total. The largest absolute Gasteiger partial charge is 0.479 e. The molecule has 0 atom stereocenters. The Morgan fingerprint density at radius 2 is 1.93 bits per heavy atom. The van der Waals surface area contributed by atoms with Crippen LogP contribution in [0.1, 0.15) is 36.4 Å². The molecule has 0 aliphatic rings. The van der Waals surface area contributed by atoms with Crippen LogP contribution in [0, 0.1) is 35.9 Å². The molecule has 0 aliphatic heterocycles. The van der Waals surface area contributed by atoms with Crippen LogP contribution in [0.5, 0.6) is 5.88 Å². The SMILES string of the molecule is CC.COc1nn(-c2cc(F)cc(C#N)c2)c(C)c1C#Cc1ccccn1. The van der Waals surface area contributed by atoms with E-state index in [-0.39, 0.29) is 5.56 Å². The summed E-state index contributed by atoms with van der Waals surface area (Å²) in [6.45, 7) is 5.80. The van der Waals surface area contributed by atoms with Crippen molar-refractivity contribution in [1.29, 1.82) is 5.26 Å². The number of hydrogen-bond donors (Lipinski definition) is 0. The quantitative estimate of drug-likeness (QED) is 0.646. The van der Waals surface area contributed by atoms with E-state index in [2.05, 4.69) is 21.9 Å². The normalized spacial score (nSPS) is 9.33. The molecule has 0 unspecified atom stereocenters. The van der Waals surface area contributed by atoms with Crippen LogP contribution in [0.25, 0.3) is 5.69 Å². The van der Waals surface area contributed by atoms with E-state index >= 15 is 0 Å². The molecule has 0 N–H and O–H groups in total. The lowest BCUT2D eigenvalue weighted by molar-refractivity contribution is 0.393. The monoisotopic (exact) mass is 362 g/mol. The van der Waals surface area contributed by atoms with Crippen molar-refractivity contribution in [2.45, 2.75) is 20.8 Å². The molecule has 136 valence electrons. The van der Waals surface area contributed by atoms with Crippen LogP contribution in [-0.2, 0) is 0 Å². The summed E-state index contributed by atoms with van der Waals surface area (Å²) < 4.78 is 20.5. The van der Waals surface area contributed by atoms with E-state index in [4.69, 9.17) is 10.00 Å². The Morgan fingerprint density at radius 1 is 1.15 bits per heavy atom. The first-order chi connectivity index (χ1) is 13.1. The van der Waals surface area contributed by atoms with Crippen LogP contribution in [0.3, 0.4) is 0 Å². The van der Waals surface area contributed by atoms with E-state index in [1.165, 1.54) is 23.9 Å². The van der Waals surface area contributed by atoms with E-state index in [0.29, 0.717) is 28.5 Å². The molecule has 0 fully saturated rings. The average molecular weight is 362 g/mol. The van der Waals surface area contributed by atoms with Gasteiger partial charge in [-0.3, -0.25) is 0 Å². The third kappa shape index (κ3) is 4.50. The van der Waals surface area contributed by atoms with Crippen molar-refractivity contribution in [3.63, 3.8) is 0 Å². The number of nitriles is 1. The summed E-state index contributed by atoms with van der Waals surface area (Å²) >= 11 is 0. The smallest absolute Gasteiger partial charge is 0.249 e. The lowest BCUT2D eigenvalue weighted by Crippen LogP contribution is -2.00. The highest BCUT2D eigenvalue weighted by Gasteiger charge is 2.16. The summed E-state index contributed by atoms with van der Waals surface area (Å²) in [5.74, 6) is 5.77. The van der Waals surface area contributed by atoms with E-state index in [9.17, 15) is 4.39 Å². The molecular formula is C21H19FN4O. The zero-order valence-corrected chi connectivity index (χ0v) is 15.6. The van der Waals surface area contributed by atoms with Crippen molar-refractivity contribution in [2.24, 2.45) is 0 Å². The molecule has 2 aromatic heterocycles. The maximum Gasteiger partial charge on any atom is 0.249 e. The second-order valence-corrected chi connectivity index (χ2v) is 5.16. The van der Waals surface area contributed by atoms with Crippen LogP contribution in [-0.4, -0.2) is 21.9 Å². The molecule has 0 saturated carbocycles. The number of benzene rings is 1. The van der Waals surface area contributed by atoms with Gasteiger partial charge in [0.1, 0.15) is 17.1 Å². The minimum Gasteiger partial charge on any atom is -0.479 e. The van der Waals surface area contributed by atoms with Gasteiger partial charge in [0.2, 0.25) is 5.88 Å². The second-order valence-electron chi connectivity index (χ2n) is 5.16. The van der Waals surface area contributed by atoms with Gasteiger partial charge >= 0.3 is 0 Å². The molecule has 3 aromatic rings. The molecule has 0 aliphatic carbocycles. The predicted octanol–water partition coefficient (Wildman–Crippen LogP) is 4.02. The Labute approximate surface area is 158 Å². The molecule has 0 radical (unpaired) electrons. The molecule has 2 heterocycles. The Balaban J connectivity index is 0.00000126. The molecule has 0 bridgehead atoms. The number of methoxy groups -OCH3 is 1. The first-order valence-corrected chi connectivity index (χ1v) is 8.40. The van der Waals surface area contributed by atoms with Crippen LogP contribution in [0.2, 0.25) is 0 Å². The highest BCUT2D eigenvalue weighted by Crippen LogP contribution is 2.24. The van der Waals surface area contributed by atoms with Crippen LogP contribution >= 0.6 is 0 Å². The second kappa shape index (κ2) is 9.17. The number of ether oxygens (including phenoxy) is 1. The lowest BCUT2D eigenvalue weighted by atomic mass is 10.2. The van der Waals surface area contributed by atoms with Crippen molar-refractivity contribution in [3.8, 4) is 29.5 Å². The van der Waals surface area contributed by atoms with Gasteiger partial charge < -0.3 is 4.74 Å². The fourth-order valence-electron chi connectivity index (χ4n) is 2.34. The number of rotatable bonds is 2. The first-order valence-electron chi connectivity index (χ1n) is 8.40. The number of halogens is 1. The third-order valence-electron chi connectivity index (χ3n) is 3.51. The van der Waals surface area contributed by atoms with Gasteiger partial charge in [-0.25, -0.2) is 14.1 Å². The van der Waals surface area contributed by atoms with Crippen LogP contribution in [0.4, 0.5) is 4.39 Å². The summed E-state index contributed by atoms with van der Waals surface area (Å²) in [4.78, 5) is 4.15. The van der Waals surface area contributed by atoms with Gasteiger partial charge in [-0.1, -0.05) is 25.8 Å². The zero-order valence-electron chi connectivity index (χ0n) is 15.6. The van der Waals surface area contributed by atoms with E-state index < -0.39 is 5.82 Å². The lowest BCUT2D eigenvalue weighted by Gasteiger charge is -2.04. The topological polar surface area (TPSA) is 63.7 Å². The minimum atomic E-state index is -0.510. The molecule has 27 heavy (non-hydrogen) atoms. The predicted molar refractivity (Wildman–Crippen MR) is 101 cm³/mol. The Hall–Kier alpha value is -3.64. The summed E-state index contributed by atoms with van der Waals surface area (Å²) in [5, 5.41) is 13.3. The maximum atomic E-state index is 13.7. The van der Waals surface area contributed by atoms with Gasteiger partial charge in [0.05, 0.1) is 30.1 Å². The highest BCUT2D eigenvalue weighted by atomic mass is 19.1. The summed E-state index contributed by atoms with van der Waals surface area (Å²) in [5.41, 5.74) is 2.52. The number of hydrogen-bond acceptors (Lipinski definition) is 4. The van der Waals surface area contributed by atoms with Crippen molar-refractivity contribution in [3.05, 3.63) is 70.9 Å². The summed E-state index contributed by atoms with van der Waals surface area (Å²) in [7, 11) is 1.49. The molecular weight excluding hydrogens is 343 g/mol. The fourth-order valence-corrected chi connectivity index (χ4v) is 2.34. The fraction of sp³-hybridized carbons (Fsp3) is 0.190. The maximum absolute atomic E-state index is 13.7. The first kappa shape index (κ1) is 19.7. The molecule has 1 aromatic carbocycles. The van der Waals surface area contributed by atoms with Crippen LogP contribution in [0.15, 0.2) is 42.6 Å². The summed E-state index contributed by atoms with van der Waals surface area (Å²) in [6.07, 6.45) is 1.66. The van der Waals surface area contributed by atoms with Crippen LogP contribution < -0.4 is 4.74 Å². The molecule has 3 rings (SSSR count). The van der Waals surface area contributed by atoms with E-state index in [1.807, 2.05) is 32.0 Å². The third-order valence-corrected chi connectivity index (χ3v) is 3.51. The Bertz CT molecular complexity index is 1020. The Kier molecular flexibility index (Phi) is 6.68. The van der Waals surface area contributed by atoms with Crippen molar-refractivity contribution >= 4 is 0 Å². The van der Waals surface area contributed by atoms with Crippen molar-refractivity contribution < 1.29 is 9.13 Å². The van der Waals surface area contributed by atoms with Crippen molar-refractivity contribution in [1.82, 2.24) is 14.8 Å². The Morgan fingerprint density at radius 3 is 2.56 bits per heavy atom. The zero-order chi connectivity index (χ0) is 19.8. The van der Waals surface area contributed by atoms with E-state index in [1.54, 1.807) is 25.3 Å². The number of pyridine rings is 1. The molecule has 6 heteroatoms. The van der Waals surface area contributed by atoms with Gasteiger partial charge in [-0.2, -0.15) is 5.26 Å². The van der Waals surface area contributed by atoms with Crippen molar-refractivity contribution in [2.75, 3.05) is 7.11 Å². The van der Waals surface area contributed by atoms with E-state index in [0.717, 1.165) is 0 Å². The van der Waals surface area contributed by atoms with Gasteiger partial charge in [-0.15, -0.1) is 5.10 Å². The molecule has 0 spiro atoms. The van der Waals surface area contributed by atoms with Gasteiger partial charge in [-0.05, 0) is 43.2 Å². The summed E-state index contributed by atoms with van der Waals surface area (Å²) in [6, 6.07) is 11.4. The van der Waals surface area contributed by atoms with Gasteiger partial charge in [0.15, 0.2) is 0 Å². The van der Waals surface area contributed by atoms with Gasteiger partial charge in [0, 0.05) is 6.20 Å². The standard InChI is InChI=1S/C19H13FN4O.C2H6/c1-13-18(7-6-16-5-3-4-8-22-16)19(25-2)23-24(13)17-10-14(12-21)9-15(20)11-17;1-2/h3-5,8-11H,1-2H3;1-2H3. The number of nitrogens with zero attached hydrogens (tertiary/aromatic N) is 4. The average Bonchev–Trinajstić information content (AvgIpc) is 3.03.